The molecule has 1 rings (SSSR count). The van der Waals surface area contributed by atoms with Gasteiger partial charge in [0.25, 0.3) is 0 Å². The molecule has 1 aromatic carbocycles. The topological polar surface area (TPSA) is 60.2 Å². The summed E-state index contributed by atoms with van der Waals surface area (Å²) in [6, 6.07) is 4.54. The van der Waals surface area contributed by atoms with Crippen molar-refractivity contribution >= 4 is 27.1 Å². The van der Waals surface area contributed by atoms with Crippen molar-refractivity contribution in [1.29, 1.82) is 0 Å². The molecule has 0 aliphatic heterocycles. The molecular formula is C12H18ClNO2S. The molecule has 1 aromatic rings. The normalized spacial score (nSPS) is 12.0. The van der Waals surface area contributed by atoms with Crippen LogP contribution >= 0.6 is 11.6 Å². The van der Waals surface area contributed by atoms with Gasteiger partial charge in [-0.05, 0) is 37.0 Å². The Morgan fingerprint density at radius 3 is 2.59 bits per heavy atom. The molecular weight excluding hydrogens is 258 g/mol. The molecule has 5 heteroatoms. The average Bonchev–Trinajstić information content (AvgIpc) is 2.20. The highest BCUT2D eigenvalue weighted by Crippen LogP contribution is 2.25. The number of hydrogen-bond acceptors (Lipinski definition) is 3. The van der Waals surface area contributed by atoms with Crippen LogP contribution in [0.3, 0.4) is 0 Å². The van der Waals surface area contributed by atoms with Crippen LogP contribution in [-0.4, -0.2) is 14.2 Å². The molecule has 96 valence electrons. The lowest BCUT2D eigenvalue weighted by molar-refractivity contribution is 0.560. The molecule has 0 fully saturated rings. The zero-order chi connectivity index (χ0) is 13.1. The molecule has 0 saturated heterocycles. The molecule has 0 atom stereocenters. The third-order valence-corrected chi connectivity index (χ3v) is 4.76. The summed E-state index contributed by atoms with van der Waals surface area (Å²) in [5, 5.41) is 0.240. The van der Waals surface area contributed by atoms with E-state index in [1.807, 2.05) is 0 Å². The van der Waals surface area contributed by atoms with E-state index in [-0.39, 0.29) is 15.7 Å². The fourth-order valence-electron chi connectivity index (χ4n) is 1.55. The van der Waals surface area contributed by atoms with Crippen molar-refractivity contribution in [3.05, 3.63) is 23.2 Å². The van der Waals surface area contributed by atoms with Gasteiger partial charge >= 0.3 is 0 Å². The monoisotopic (exact) mass is 275 g/mol. The van der Waals surface area contributed by atoms with E-state index in [1.54, 1.807) is 6.07 Å². The van der Waals surface area contributed by atoms with E-state index in [0.717, 1.165) is 6.42 Å². The zero-order valence-corrected chi connectivity index (χ0v) is 11.7. The van der Waals surface area contributed by atoms with Gasteiger partial charge < -0.3 is 5.73 Å². The van der Waals surface area contributed by atoms with E-state index in [2.05, 4.69) is 13.8 Å². The second kappa shape index (κ2) is 5.74. The predicted octanol–water partition coefficient (Wildman–Crippen LogP) is 3.13. The number of rotatable bonds is 5. The van der Waals surface area contributed by atoms with Gasteiger partial charge in [0.1, 0.15) is 0 Å². The van der Waals surface area contributed by atoms with E-state index in [4.69, 9.17) is 17.3 Å². The standard InChI is InChI=1S/C12H18ClNO2S/c1-9(2)4-3-7-17(15,16)12-8-10(14)5-6-11(12)13/h5-6,8-9H,3-4,7,14H2,1-2H3. The number of anilines is 1. The summed E-state index contributed by atoms with van der Waals surface area (Å²) in [6.45, 7) is 4.14. The van der Waals surface area contributed by atoms with E-state index >= 15 is 0 Å². The molecule has 17 heavy (non-hydrogen) atoms. The second-order valence-corrected chi connectivity index (χ2v) is 7.03. The number of sulfone groups is 1. The Morgan fingerprint density at radius 1 is 1.35 bits per heavy atom. The van der Waals surface area contributed by atoms with Gasteiger partial charge in [0.05, 0.1) is 15.7 Å². The van der Waals surface area contributed by atoms with Crippen molar-refractivity contribution in [3.8, 4) is 0 Å². The van der Waals surface area contributed by atoms with Crippen molar-refractivity contribution < 1.29 is 8.42 Å². The van der Waals surface area contributed by atoms with Crippen LogP contribution in [0.2, 0.25) is 5.02 Å². The summed E-state index contributed by atoms with van der Waals surface area (Å²) >= 11 is 5.89. The van der Waals surface area contributed by atoms with Crippen LogP contribution in [0, 0.1) is 5.92 Å². The van der Waals surface area contributed by atoms with Crippen molar-refractivity contribution in [2.24, 2.45) is 5.92 Å². The van der Waals surface area contributed by atoms with Gasteiger partial charge in [0.15, 0.2) is 9.84 Å². The Kier molecular flexibility index (Phi) is 4.83. The first-order chi connectivity index (χ1) is 7.83. The van der Waals surface area contributed by atoms with Crippen molar-refractivity contribution in [1.82, 2.24) is 0 Å². The lowest BCUT2D eigenvalue weighted by atomic mass is 10.1. The Balaban J connectivity index is 2.86. The van der Waals surface area contributed by atoms with Gasteiger partial charge in [-0.15, -0.1) is 0 Å². The highest BCUT2D eigenvalue weighted by atomic mass is 35.5. The van der Waals surface area contributed by atoms with Crippen LogP contribution in [-0.2, 0) is 9.84 Å². The zero-order valence-electron chi connectivity index (χ0n) is 10.1. The van der Waals surface area contributed by atoms with Crippen molar-refractivity contribution in [2.75, 3.05) is 11.5 Å². The molecule has 0 unspecified atom stereocenters. The smallest absolute Gasteiger partial charge is 0.179 e. The van der Waals surface area contributed by atoms with E-state index in [0.29, 0.717) is 18.0 Å². The van der Waals surface area contributed by atoms with Crippen LogP contribution in [0.25, 0.3) is 0 Å². The molecule has 0 aliphatic rings. The highest BCUT2D eigenvalue weighted by Gasteiger charge is 2.18. The number of halogens is 1. The molecule has 0 heterocycles. The van der Waals surface area contributed by atoms with E-state index in [1.165, 1.54) is 12.1 Å². The first-order valence-corrected chi connectivity index (χ1v) is 7.64. The quantitative estimate of drug-likeness (QED) is 0.840. The maximum atomic E-state index is 12.0. The Labute approximate surface area is 108 Å². The molecule has 0 amide bonds. The van der Waals surface area contributed by atoms with Crippen LogP contribution in [0.4, 0.5) is 5.69 Å². The number of hydrogen-bond donors (Lipinski definition) is 1. The Bertz CT molecular complexity index is 483. The summed E-state index contributed by atoms with van der Waals surface area (Å²) in [5.41, 5.74) is 5.99. The Hall–Kier alpha value is -0.740. The van der Waals surface area contributed by atoms with Crippen LogP contribution < -0.4 is 5.73 Å². The maximum Gasteiger partial charge on any atom is 0.179 e. The number of nitrogens with two attached hydrogens (primary N) is 1. The summed E-state index contributed by atoms with van der Waals surface area (Å²) in [4.78, 5) is 0.142. The fourth-order valence-corrected chi connectivity index (χ4v) is 3.47. The van der Waals surface area contributed by atoms with E-state index < -0.39 is 9.84 Å². The van der Waals surface area contributed by atoms with Crippen LogP contribution in [0.5, 0.6) is 0 Å². The summed E-state index contributed by atoms with van der Waals surface area (Å²) in [5.74, 6) is 0.621. The molecule has 0 bridgehead atoms. The molecule has 0 radical (unpaired) electrons. The molecule has 2 N–H and O–H groups in total. The van der Waals surface area contributed by atoms with Crippen molar-refractivity contribution in [2.45, 2.75) is 31.6 Å². The average molecular weight is 276 g/mol. The molecule has 0 aromatic heterocycles. The minimum Gasteiger partial charge on any atom is -0.399 e. The largest absolute Gasteiger partial charge is 0.399 e. The molecule has 3 nitrogen and oxygen atoms in total. The van der Waals surface area contributed by atoms with Crippen LogP contribution in [0.15, 0.2) is 23.1 Å². The first-order valence-electron chi connectivity index (χ1n) is 5.60. The van der Waals surface area contributed by atoms with Gasteiger partial charge in [0.2, 0.25) is 0 Å². The van der Waals surface area contributed by atoms with Gasteiger partial charge in [-0.25, -0.2) is 8.42 Å². The third-order valence-electron chi connectivity index (χ3n) is 2.48. The van der Waals surface area contributed by atoms with E-state index in [9.17, 15) is 8.42 Å². The summed E-state index contributed by atoms with van der Waals surface area (Å²) in [7, 11) is -3.32. The number of benzene rings is 1. The maximum absolute atomic E-state index is 12.0. The minimum absolute atomic E-state index is 0.119. The molecule has 0 saturated carbocycles. The van der Waals surface area contributed by atoms with Crippen LogP contribution in [0.1, 0.15) is 26.7 Å². The predicted molar refractivity (Wildman–Crippen MR) is 72.0 cm³/mol. The van der Waals surface area contributed by atoms with Crippen molar-refractivity contribution in [3.63, 3.8) is 0 Å². The second-order valence-electron chi connectivity index (χ2n) is 4.54. The summed E-state index contributed by atoms with van der Waals surface area (Å²) in [6.07, 6.45) is 1.53. The minimum atomic E-state index is -3.32. The first kappa shape index (κ1) is 14.3. The molecule has 0 aliphatic carbocycles. The van der Waals surface area contributed by atoms with Gasteiger partial charge in [-0.2, -0.15) is 0 Å². The lowest BCUT2D eigenvalue weighted by Gasteiger charge is -2.08. The highest BCUT2D eigenvalue weighted by molar-refractivity contribution is 7.91. The van der Waals surface area contributed by atoms with Gasteiger partial charge in [0, 0.05) is 5.69 Å². The van der Waals surface area contributed by atoms with Gasteiger partial charge in [-0.3, -0.25) is 0 Å². The Morgan fingerprint density at radius 2 is 2.00 bits per heavy atom. The fraction of sp³-hybridized carbons (Fsp3) is 0.500. The lowest BCUT2D eigenvalue weighted by Crippen LogP contribution is -2.09. The SMILES string of the molecule is CC(C)CCCS(=O)(=O)c1cc(N)ccc1Cl. The van der Waals surface area contributed by atoms with Gasteiger partial charge in [-0.1, -0.05) is 25.4 Å². The molecule has 0 spiro atoms. The number of nitrogen functional groups attached to an aromatic ring is 1. The third kappa shape index (κ3) is 4.21. The summed E-state index contributed by atoms with van der Waals surface area (Å²) < 4.78 is 24.1.